The molecule has 0 aliphatic carbocycles. The number of quaternary nitrogens is 1. The molecule has 1 aromatic rings. The van der Waals surface area contributed by atoms with Crippen LogP contribution in [0.3, 0.4) is 0 Å². The number of benzene rings is 1. The van der Waals surface area contributed by atoms with Crippen molar-refractivity contribution in [1.29, 1.82) is 0 Å². The molecule has 0 saturated heterocycles. The van der Waals surface area contributed by atoms with E-state index in [1.54, 1.807) is 0 Å². The molecule has 0 aliphatic heterocycles. The van der Waals surface area contributed by atoms with E-state index in [4.69, 9.17) is 1.37 Å². The van der Waals surface area contributed by atoms with Crippen molar-refractivity contribution < 1.29 is 1.37 Å². The minimum Gasteiger partial charge on any atom is -0.294 e. The fourth-order valence-electron chi connectivity index (χ4n) is 5.98. The first-order chi connectivity index (χ1) is 19.3. The van der Waals surface area contributed by atoms with Gasteiger partial charge in [0.25, 0.3) is 0 Å². The molecule has 0 bridgehead atoms. The van der Waals surface area contributed by atoms with E-state index in [2.05, 4.69) is 44.2 Å². The molecular weight excluding hydrogens is 458 g/mol. The Morgan fingerprint density at radius 1 is 0.421 bits per heavy atom. The van der Waals surface area contributed by atoms with Crippen LogP contribution in [0.15, 0.2) is 30.3 Å². The lowest BCUT2D eigenvalue weighted by Crippen LogP contribution is -2.46. The first-order valence-electron chi connectivity index (χ1n) is 18.2. The van der Waals surface area contributed by atoms with Gasteiger partial charge in [-0.2, -0.15) is 0 Å². The Morgan fingerprint density at radius 2 is 0.711 bits per heavy atom. The highest BCUT2D eigenvalue weighted by atomic mass is 15.3. The van der Waals surface area contributed by atoms with Crippen molar-refractivity contribution >= 4 is 5.69 Å². The second kappa shape index (κ2) is 26.4. The molecule has 1 unspecified atom stereocenters. The van der Waals surface area contributed by atoms with E-state index in [9.17, 15) is 0 Å². The van der Waals surface area contributed by atoms with Crippen molar-refractivity contribution in [3.63, 3.8) is 0 Å². The maximum Gasteiger partial charge on any atom is 0.132 e. The molecule has 0 fully saturated rings. The summed E-state index contributed by atoms with van der Waals surface area (Å²) in [5, 5.41) is 0. The summed E-state index contributed by atoms with van der Waals surface area (Å²) in [5.41, 5.74) is 1.37. The maximum absolute atomic E-state index is 8.54. The molecule has 0 radical (unpaired) electrons. The van der Waals surface area contributed by atoms with Gasteiger partial charge in [-0.15, -0.1) is 0 Å². The summed E-state index contributed by atoms with van der Waals surface area (Å²) in [6.07, 6.45) is 36.5. The lowest BCUT2D eigenvalue weighted by molar-refractivity contribution is 0.310. The molecule has 0 aliphatic rings. The van der Waals surface area contributed by atoms with Gasteiger partial charge in [-0.1, -0.05) is 173 Å². The third kappa shape index (κ3) is 20.1. The predicted molar refractivity (Wildman–Crippen MR) is 175 cm³/mol. The van der Waals surface area contributed by atoms with Crippen LogP contribution in [0.2, 0.25) is 0 Å². The number of rotatable bonds is 29. The third-order valence-corrected chi connectivity index (χ3v) is 8.68. The van der Waals surface area contributed by atoms with Gasteiger partial charge in [-0.05, 0) is 37.8 Å². The number of para-hydroxylation sites is 1. The first-order valence-corrected chi connectivity index (χ1v) is 17.5. The summed E-state index contributed by atoms with van der Waals surface area (Å²) in [4.78, 5) is 0. The van der Waals surface area contributed by atoms with Gasteiger partial charge in [0, 0.05) is 0 Å². The molecule has 1 aromatic carbocycles. The number of unbranched alkanes of at least 4 members (excludes halogenated alkanes) is 24. The standard InChI is InChI=1S/C37H70N/c1-4-6-8-10-12-14-16-17-18-19-20-21-23-25-27-32-36-38(3,37-33-29-28-30-34-37)35-31-26-24-22-15-13-11-9-7-5-2/h28-30,33-34H,4-27,31-32,35-36H2,1-3H3/q+1/i3D. The normalized spacial score (nSPS) is 13.5. The molecule has 0 heterocycles. The van der Waals surface area contributed by atoms with Crippen molar-refractivity contribution in [3.05, 3.63) is 30.3 Å². The first kappa shape index (κ1) is 33.4. The zero-order chi connectivity index (χ0) is 28.1. The smallest absolute Gasteiger partial charge is 0.132 e. The second-order valence-corrected chi connectivity index (χ2v) is 12.4. The minimum atomic E-state index is 0.486. The molecule has 0 spiro atoms. The number of hydrogen-bond donors (Lipinski definition) is 0. The summed E-state index contributed by atoms with van der Waals surface area (Å²) in [6.45, 7) is 6.88. The van der Waals surface area contributed by atoms with E-state index in [-0.39, 0.29) is 0 Å². The molecule has 222 valence electrons. The zero-order valence-electron chi connectivity index (χ0n) is 27.3. The highest BCUT2D eigenvalue weighted by molar-refractivity contribution is 5.41. The van der Waals surface area contributed by atoms with Gasteiger partial charge in [-0.3, -0.25) is 4.48 Å². The lowest BCUT2D eigenvalue weighted by Gasteiger charge is -2.34. The summed E-state index contributed by atoms with van der Waals surface area (Å²) in [7, 11) is 0.486. The lowest BCUT2D eigenvalue weighted by atomic mass is 10.0. The number of nitrogens with zero attached hydrogens (tertiary/aromatic N) is 1. The highest BCUT2D eigenvalue weighted by Gasteiger charge is 2.23. The molecule has 0 saturated carbocycles. The summed E-state index contributed by atoms with van der Waals surface area (Å²) < 4.78 is 9.41. The monoisotopic (exact) mass is 530 g/mol. The van der Waals surface area contributed by atoms with Crippen LogP contribution in [0.5, 0.6) is 0 Å². The molecule has 38 heavy (non-hydrogen) atoms. The summed E-state index contributed by atoms with van der Waals surface area (Å²) in [5.74, 6) is 0. The van der Waals surface area contributed by atoms with Crippen molar-refractivity contribution in [3.8, 4) is 0 Å². The van der Waals surface area contributed by atoms with Gasteiger partial charge in [0.1, 0.15) is 5.69 Å². The van der Waals surface area contributed by atoms with Gasteiger partial charge in [0.15, 0.2) is 0 Å². The van der Waals surface area contributed by atoms with E-state index < -0.39 is 0 Å². The Bertz CT molecular complexity index is 603. The molecule has 1 heteroatoms. The maximum atomic E-state index is 8.54. The van der Waals surface area contributed by atoms with Crippen molar-refractivity contribution in [2.24, 2.45) is 0 Å². The quantitative estimate of drug-likeness (QED) is 0.0715. The molecule has 1 atom stereocenters. The van der Waals surface area contributed by atoms with E-state index in [1.165, 1.54) is 173 Å². The van der Waals surface area contributed by atoms with E-state index in [0.29, 0.717) is 7.02 Å². The summed E-state index contributed by atoms with van der Waals surface area (Å²) in [6, 6.07) is 11.0. The molecule has 0 amide bonds. The Labute approximate surface area is 242 Å². The molecule has 0 N–H and O–H groups in total. The fourth-order valence-corrected chi connectivity index (χ4v) is 5.98. The van der Waals surface area contributed by atoms with Crippen molar-refractivity contribution in [2.45, 2.75) is 181 Å². The van der Waals surface area contributed by atoms with Crippen LogP contribution in [0, 0.1) is 0 Å². The van der Waals surface area contributed by atoms with Gasteiger partial charge < -0.3 is 0 Å². The van der Waals surface area contributed by atoms with Crippen LogP contribution >= 0.6 is 0 Å². The fraction of sp³-hybridized carbons (Fsp3) is 0.838. The van der Waals surface area contributed by atoms with Crippen molar-refractivity contribution in [1.82, 2.24) is 4.48 Å². The van der Waals surface area contributed by atoms with Crippen LogP contribution in [-0.4, -0.2) is 20.1 Å². The van der Waals surface area contributed by atoms with Gasteiger partial charge in [0.2, 0.25) is 0 Å². The van der Waals surface area contributed by atoms with Crippen LogP contribution in [0.4, 0.5) is 5.69 Å². The average molecular weight is 530 g/mol. The highest BCUT2D eigenvalue weighted by Crippen LogP contribution is 2.24. The molecule has 1 nitrogen and oxygen atoms in total. The topological polar surface area (TPSA) is 0 Å². The Morgan fingerprint density at radius 3 is 1.00 bits per heavy atom. The molecular formula is C37H70N+. The van der Waals surface area contributed by atoms with Gasteiger partial charge in [-0.25, -0.2) is 0 Å². The largest absolute Gasteiger partial charge is 0.294 e. The minimum absolute atomic E-state index is 0.486. The SMILES string of the molecule is [2H]C[N+](CCCCCCCCCCCC)(CCCCCCCCCCCCCCCCCC)c1ccccc1. The van der Waals surface area contributed by atoms with E-state index in [1.807, 2.05) is 0 Å². The zero-order valence-corrected chi connectivity index (χ0v) is 26.3. The molecule has 0 aromatic heterocycles. The van der Waals surface area contributed by atoms with Crippen LogP contribution in [0.25, 0.3) is 0 Å². The van der Waals surface area contributed by atoms with Crippen LogP contribution < -0.4 is 4.48 Å². The Kier molecular flexibility index (Phi) is 23.2. The Balaban J connectivity index is 2.15. The van der Waals surface area contributed by atoms with Gasteiger partial charge >= 0.3 is 0 Å². The van der Waals surface area contributed by atoms with Crippen LogP contribution in [0.1, 0.15) is 182 Å². The van der Waals surface area contributed by atoms with Crippen molar-refractivity contribution in [2.75, 3.05) is 20.1 Å². The molecule has 1 rings (SSSR count). The van der Waals surface area contributed by atoms with Crippen LogP contribution in [-0.2, 0) is 0 Å². The average Bonchev–Trinajstić information content (AvgIpc) is 2.97. The summed E-state index contributed by atoms with van der Waals surface area (Å²) >= 11 is 0. The predicted octanol–water partition coefficient (Wildman–Crippen LogP) is 12.8. The van der Waals surface area contributed by atoms with Gasteiger partial charge in [0.05, 0.1) is 21.5 Å². The Hall–Kier alpha value is -0.820. The van der Waals surface area contributed by atoms with E-state index >= 15 is 0 Å². The van der Waals surface area contributed by atoms with E-state index in [0.717, 1.165) is 17.6 Å². The second-order valence-electron chi connectivity index (χ2n) is 12.4. The third-order valence-electron chi connectivity index (χ3n) is 8.68. The number of hydrogen-bond acceptors (Lipinski definition) is 0.